The third-order valence-electron chi connectivity index (χ3n) is 8.15. The van der Waals surface area contributed by atoms with Crippen molar-refractivity contribution >= 4 is 64.8 Å². The molecule has 0 amide bonds. The van der Waals surface area contributed by atoms with Crippen LogP contribution in [0.3, 0.4) is 0 Å². The van der Waals surface area contributed by atoms with Crippen molar-refractivity contribution in [1.82, 2.24) is 19.5 Å². The lowest BCUT2D eigenvalue weighted by Crippen LogP contribution is -2.00. The molecule has 4 aromatic carbocycles. The third-order valence-corrected chi connectivity index (χ3v) is 9.03. The van der Waals surface area contributed by atoms with Crippen molar-refractivity contribution in [3.63, 3.8) is 0 Å². The van der Waals surface area contributed by atoms with Crippen molar-refractivity contribution < 1.29 is 0 Å². The summed E-state index contributed by atoms with van der Waals surface area (Å²) in [6.45, 7) is 0. The van der Waals surface area contributed by atoms with Crippen LogP contribution in [-0.4, -0.2) is 19.5 Å². The highest BCUT2D eigenvalue weighted by Crippen LogP contribution is 2.45. The summed E-state index contributed by atoms with van der Waals surface area (Å²) >= 11 is 1.78. The first-order valence-corrected chi connectivity index (χ1v) is 14.8. The Morgan fingerprint density at radius 3 is 1.76 bits per heavy atom. The summed E-state index contributed by atoms with van der Waals surface area (Å²) in [5, 5.41) is 10.9. The number of pyridine rings is 3. The maximum atomic E-state index is 5.07. The topological polar surface area (TPSA) is 43.6 Å². The van der Waals surface area contributed by atoms with Crippen molar-refractivity contribution in [2.24, 2.45) is 0 Å². The molecule has 5 aromatic heterocycles. The zero-order valence-corrected chi connectivity index (χ0v) is 23.2. The summed E-state index contributed by atoms with van der Waals surface area (Å²) in [5.74, 6) is 0. The van der Waals surface area contributed by atoms with Crippen LogP contribution < -0.4 is 0 Å². The molecule has 0 N–H and O–H groups in total. The molecular formula is C37H22N4S. The zero-order chi connectivity index (χ0) is 27.6. The van der Waals surface area contributed by atoms with Gasteiger partial charge in [0.15, 0.2) is 0 Å². The van der Waals surface area contributed by atoms with E-state index in [9.17, 15) is 0 Å². The van der Waals surface area contributed by atoms with Crippen LogP contribution in [0.1, 0.15) is 0 Å². The molecule has 9 rings (SSSR count). The smallest absolute Gasteiger partial charge is 0.0915 e. The average Bonchev–Trinajstić information content (AvgIpc) is 3.69. The van der Waals surface area contributed by atoms with Gasteiger partial charge in [0.25, 0.3) is 0 Å². The fourth-order valence-electron chi connectivity index (χ4n) is 6.41. The predicted octanol–water partition coefficient (Wildman–Crippen LogP) is 9.82. The molecule has 0 aliphatic rings. The summed E-state index contributed by atoms with van der Waals surface area (Å²) in [4.78, 5) is 14.4. The van der Waals surface area contributed by atoms with Gasteiger partial charge in [-0.2, -0.15) is 0 Å². The van der Waals surface area contributed by atoms with Gasteiger partial charge in [-0.3, -0.25) is 9.97 Å². The van der Waals surface area contributed by atoms with E-state index in [4.69, 9.17) is 4.98 Å². The number of hydrogen-bond acceptors (Lipinski definition) is 4. The van der Waals surface area contributed by atoms with Gasteiger partial charge in [-0.25, -0.2) is 4.98 Å². The number of nitrogens with zero attached hydrogens (tertiary/aromatic N) is 4. The molecule has 42 heavy (non-hydrogen) atoms. The van der Waals surface area contributed by atoms with E-state index in [1.165, 1.54) is 53.4 Å². The molecule has 0 radical (unpaired) electrons. The van der Waals surface area contributed by atoms with Crippen molar-refractivity contribution in [2.45, 2.75) is 0 Å². The van der Waals surface area contributed by atoms with Gasteiger partial charge in [0.05, 0.1) is 39.5 Å². The van der Waals surface area contributed by atoms with Gasteiger partial charge in [0.1, 0.15) is 0 Å². The number of benzene rings is 4. The van der Waals surface area contributed by atoms with Crippen molar-refractivity contribution in [3.05, 3.63) is 133 Å². The Balaban J connectivity index is 1.53. The second kappa shape index (κ2) is 9.06. The van der Waals surface area contributed by atoms with Crippen LogP contribution in [-0.2, 0) is 0 Å². The molecule has 0 spiro atoms. The highest BCUT2D eigenvalue weighted by molar-refractivity contribution is 7.17. The molecule has 0 saturated heterocycles. The highest BCUT2D eigenvalue weighted by Gasteiger charge is 2.22. The standard InChI is InChI=1S/C37H22N4S/c1-3-11-26-24(9-1)25-10-2-4-12-27(25)37-35(26)29-15-16-34-28(17-20-42-34)36(29)41(37)23-21-32(30-13-5-7-18-38-30)40-33(22-23)31-14-6-8-19-39-31/h1-22H. The van der Waals surface area contributed by atoms with E-state index in [0.29, 0.717) is 0 Å². The first kappa shape index (κ1) is 23.3. The minimum atomic E-state index is 0.811. The van der Waals surface area contributed by atoms with Gasteiger partial charge in [0.2, 0.25) is 0 Å². The molecule has 0 unspecified atom stereocenters. The molecule has 0 aliphatic carbocycles. The molecule has 0 atom stereocenters. The zero-order valence-electron chi connectivity index (χ0n) is 22.4. The third kappa shape index (κ3) is 3.38. The van der Waals surface area contributed by atoms with Crippen LogP contribution in [0.25, 0.3) is 81.9 Å². The van der Waals surface area contributed by atoms with Gasteiger partial charge < -0.3 is 4.57 Å². The van der Waals surface area contributed by atoms with Gasteiger partial charge in [0, 0.05) is 38.6 Å². The van der Waals surface area contributed by atoms with Crippen molar-refractivity contribution in [2.75, 3.05) is 0 Å². The average molecular weight is 555 g/mol. The Morgan fingerprint density at radius 1 is 0.476 bits per heavy atom. The first-order valence-electron chi connectivity index (χ1n) is 13.9. The quantitative estimate of drug-likeness (QED) is 0.204. The first-order chi connectivity index (χ1) is 20.8. The van der Waals surface area contributed by atoms with E-state index in [-0.39, 0.29) is 0 Å². The summed E-state index contributed by atoms with van der Waals surface area (Å²) in [7, 11) is 0. The molecule has 0 fully saturated rings. The van der Waals surface area contributed by atoms with E-state index in [0.717, 1.165) is 28.5 Å². The van der Waals surface area contributed by atoms with Crippen molar-refractivity contribution in [1.29, 1.82) is 0 Å². The van der Waals surface area contributed by atoms with Gasteiger partial charge in [-0.05, 0) is 70.1 Å². The van der Waals surface area contributed by atoms with Crippen LogP contribution >= 0.6 is 11.3 Å². The maximum Gasteiger partial charge on any atom is 0.0915 e. The Hall–Kier alpha value is -5.39. The molecule has 0 saturated carbocycles. The fraction of sp³-hybridized carbons (Fsp3) is 0. The summed E-state index contributed by atoms with van der Waals surface area (Å²) in [6, 6.07) is 40.6. The Labute approximate surface area is 245 Å². The largest absolute Gasteiger partial charge is 0.308 e. The van der Waals surface area contributed by atoms with Crippen LogP contribution in [0.2, 0.25) is 0 Å². The van der Waals surface area contributed by atoms with E-state index >= 15 is 0 Å². The monoisotopic (exact) mass is 554 g/mol. The molecule has 196 valence electrons. The Kier molecular flexibility index (Phi) is 5.03. The van der Waals surface area contributed by atoms with Crippen LogP contribution in [0.15, 0.2) is 133 Å². The number of fused-ring (bicyclic) bond motifs is 10. The van der Waals surface area contributed by atoms with Gasteiger partial charge >= 0.3 is 0 Å². The Bertz CT molecular complexity index is 2400. The number of aromatic nitrogens is 4. The SMILES string of the molecule is c1ccc(-c2cc(-n3c4c5ccsc5ccc4c4c5ccccc5c5ccccc5c43)cc(-c3ccccn3)n2)nc1. The lowest BCUT2D eigenvalue weighted by Gasteiger charge is -2.15. The molecule has 5 heteroatoms. The lowest BCUT2D eigenvalue weighted by atomic mass is 9.96. The minimum absolute atomic E-state index is 0.811. The summed E-state index contributed by atoms with van der Waals surface area (Å²) < 4.78 is 3.72. The van der Waals surface area contributed by atoms with E-state index in [1.807, 2.05) is 48.8 Å². The number of rotatable bonds is 3. The van der Waals surface area contributed by atoms with E-state index < -0.39 is 0 Å². The second-order valence-electron chi connectivity index (χ2n) is 10.5. The molecule has 4 nitrogen and oxygen atoms in total. The molecule has 5 heterocycles. The molecule has 0 bridgehead atoms. The van der Waals surface area contributed by atoms with E-state index in [2.05, 4.69) is 98.8 Å². The predicted molar refractivity (Wildman–Crippen MR) is 175 cm³/mol. The van der Waals surface area contributed by atoms with E-state index in [1.54, 1.807) is 11.3 Å². The maximum absolute atomic E-state index is 5.07. The molecule has 9 aromatic rings. The van der Waals surface area contributed by atoms with Gasteiger partial charge in [-0.15, -0.1) is 11.3 Å². The fourth-order valence-corrected chi connectivity index (χ4v) is 7.19. The van der Waals surface area contributed by atoms with Crippen LogP contribution in [0.4, 0.5) is 0 Å². The molecule has 0 aliphatic heterocycles. The highest BCUT2D eigenvalue weighted by atomic mass is 32.1. The van der Waals surface area contributed by atoms with Crippen LogP contribution in [0.5, 0.6) is 0 Å². The lowest BCUT2D eigenvalue weighted by molar-refractivity contribution is 1.15. The molecular weight excluding hydrogens is 533 g/mol. The summed E-state index contributed by atoms with van der Waals surface area (Å²) in [6.07, 6.45) is 3.64. The van der Waals surface area contributed by atoms with Crippen LogP contribution in [0, 0.1) is 0 Å². The minimum Gasteiger partial charge on any atom is -0.308 e. The van der Waals surface area contributed by atoms with Gasteiger partial charge in [-0.1, -0.05) is 66.7 Å². The summed E-state index contributed by atoms with van der Waals surface area (Å²) in [5.41, 5.74) is 6.71. The Morgan fingerprint density at radius 2 is 1.10 bits per heavy atom. The number of thiophene rings is 1. The number of hydrogen-bond donors (Lipinski definition) is 0. The van der Waals surface area contributed by atoms with Crippen molar-refractivity contribution in [3.8, 4) is 28.5 Å². The second-order valence-corrected chi connectivity index (χ2v) is 11.4. The normalized spacial score (nSPS) is 11.8.